The molecule has 6 heteroatoms. The molecule has 1 aliphatic carbocycles. The van der Waals surface area contributed by atoms with E-state index in [1.165, 1.54) is 42.2 Å². The number of piperidine rings is 3. The lowest BCUT2D eigenvalue weighted by Crippen LogP contribution is -2.64. The molecule has 24 heavy (non-hydrogen) atoms. The first-order valence-corrected chi connectivity index (χ1v) is 10.1. The fraction of sp³-hybridized carbons (Fsp3) is 0.500. The van der Waals surface area contributed by atoms with Crippen molar-refractivity contribution in [3.8, 4) is 9.75 Å². The van der Waals surface area contributed by atoms with Gasteiger partial charge < -0.3 is 10.2 Å². The molecule has 1 N–H and O–H groups in total. The van der Waals surface area contributed by atoms with E-state index in [-0.39, 0.29) is 18.3 Å². The number of hydrogen-bond donors (Lipinski definition) is 1. The molecule has 2 unspecified atom stereocenters. The Bertz CT molecular complexity index is 699. The monoisotopic (exact) mass is 380 g/mol. The van der Waals surface area contributed by atoms with Gasteiger partial charge in [0.05, 0.1) is 4.88 Å². The lowest BCUT2D eigenvalue weighted by atomic mass is 9.65. The molecule has 3 nitrogen and oxygen atoms in total. The minimum atomic E-state index is 0. The molecule has 0 radical (unpaired) electrons. The summed E-state index contributed by atoms with van der Waals surface area (Å²) in [6, 6.07) is 8.62. The highest BCUT2D eigenvalue weighted by molar-refractivity contribution is 7.22. The molecule has 6 rings (SSSR count). The van der Waals surface area contributed by atoms with Crippen molar-refractivity contribution in [1.82, 2.24) is 10.2 Å². The van der Waals surface area contributed by atoms with Gasteiger partial charge in [0.25, 0.3) is 5.91 Å². The molecular weight excluding hydrogens is 360 g/mol. The van der Waals surface area contributed by atoms with Crippen molar-refractivity contribution >= 4 is 41.0 Å². The molecule has 2 aromatic rings. The number of carbonyl (C=O) groups excluding carboxylic acids is 1. The largest absolute Gasteiger partial charge is 0.348 e. The Morgan fingerprint density at radius 1 is 1.08 bits per heavy atom. The average molecular weight is 381 g/mol. The van der Waals surface area contributed by atoms with E-state index in [0.29, 0.717) is 17.9 Å². The zero-order valence-corrected chi connectivity index (χ0v) is 15.8. The SMILES string of the molecule is Cl.O=C(NC1C2CC3CC1CN(C3)C2)c1ccc(-c2cccs2)s1. The Hall–Kier alpha value is -0.880. The van der Waals surface area contributed by atoms with Crippen LogP contribution in [-0.4, -0.2) is 36.5 Å². The number of carbonyl (C=O) groups is 1. The summed E-state index contributed by atoms with van der Waals surface area (Å²) < 4.78 is 0. The maximum atomic E-state index is 12.7. The van der Waals surface area contributed by atoms with Gasteiger partial charge in [-0.05, 0) is 54.2 Å². The van der Waals surface area contributed by atoms with Crippen molar-refractivity contribution in [1.29, 1.82) is 0 Å². The van der Waals surface area contributed by atoms with Crippen molar-refractivity contribution in [2.75, 3.05) is 19.6 Å². The predicted octanol–water partition coefficient (Wildman–Crippen LogP) is 3.97. The van der Waals surface area contributed by atoms with Crippen LogP contribution >= 0.6 is 35.1 Å². The van der Waals surface area contributed by atoms with Crippen LogP contribution in [-0.2, 0) is 0 Å². The van der Waals surface area contributed by atoms with E-state index in [1.807, 2.05) is 6.07 Å². The molecule has 4 aliphatic rings. The predicted molar refractivity (Wildman–Crippen MR) is 102 cm³/mol. The first-order chi connectivity index (χ1) is 11.3. The maximum absolute atomic E-state index is 12.7. The first kappa shape index (κ1) is 16.6. The van der Waals surface area contributed by atoms with Crippen LogP contribution in [0.4, 0.5) is 0 Å². The highest BCUT2D eigenvalue weighted by Gasteiger charge is 2.47. The standard InChI is InChI=1S/C18H20N2OS2.ClH/c21-18(16-4-3-15(23-16)14-2-1-5-22-14)19-17-12-6-11-7-13(17)10-20(8-11)9-12;/h1-5,11-13,17H,6-10H2,(H,19,21);1H. The second kappa shape index (κ2) is 6.45. The normalized spacial score (nSPS) is 33.2. The summed E-state index contributed by atoms with van der Waals surface area (Å²) in [4.78, 5) is 18.6. The molecule has 2 aromatic heterocycles. The van der Waals surface area contributed by atoms with Crippen LogP contribution in [0, 0.1) is 17.8 Å². The molecule has 4 bridgehead atoms. The Morgan fingerprint density at radius 2 is 1.88 bits per heavy atom. The zero-order chi connectivity index (χ0) is 15.4. The molecule has 5 heterocycles. The summed E-state index contributed by atoms with van der Waals surface area (Å²) in [5.74, 6) is 2.35. The van der Waals surface area contributed by atoms with Crippen molar-refractivity contribution in [3.63, 3.8) is 0 Å². The second-order valence-electron chi connectivity index (χ2n) is 7.22. The number of nitrogens with one attached hydrogen (secondary N) is 1. The lowest BCUT2D eigenvalue weighted by Gasteiger charge is -2.55. The third kappa shape index (κ3) is 2.81. The van der Waals surface area contributed by atoms with Crippen LogP contribution in [0.15, 0.2) is 29.6 Å². The van der Waals surface area contributed by atoms with E-state index in [4.69, 9.17) is 0 Å². The summed E-state index contributed by atoms with van der Waals surface area (Å²) in [5, 5.41) is 5.47. The number of thiophene rings is 2. The van der Waals surface area contributed by atoms with Gasteiger partial charge in [0, 0.05) is 35.4 Å². The summed E-state index contributed by atoms with van der Waals surface area (Å²) in [5.41, 5.74) is 0. The average Bonchev–Trinajstić information content (AvgIpc) is 3.20. The van der Waals surface area contributed by atoms with E-state index < -0.39 is 0 Å². The van der Waals surface area contributed by atoms with Gasteiger partial charge >= 0.3 is 0 Å². The van der Waals surface area contributed by atoms with Crippen molar-refractivity contribution in [3.05, 3.63) is 34.5 Å². The number of amides is 1. The maximum Gasteiger partial charge on any atom is 0.261 e. The molecule has 3 aliphatic heterocycles. The van der Waals surface area contributed by atoms with Crippen molar-refractivity contribution in [2.45, 2.75) is 18.9 Å². The lowest BCUT2D eigenvalue weighted by molar-refractivity contribution is -0.0418. The third-order valence-corrected chi connectivity index (χ3v) is 7.83. The van der Waals surface area contributed by atoms with Crippen LogP contribution in [0.25, 0.3) is 9.75 Å². The van der Waals surface area contributed by atoms with E-state index in [1.54, 1.807) is 22.7 Å². The number of rotatable bonds is 3. The van der Waals surface area contributed by atoms with Crippen LogP contribution in [0.2, 0.25) is 0 Å². The van der Waals surface area contributed by atoms with Crippen LogP contribution in [0.3, 0.4) is 0 Å². The fourth-order valence-corrected chi connectivity index (χ4v) is 6.62. The summed E-state index contributed by atoms with van der Waals surface area (Å²) in [7, 11) is 0. The zero-order valence-electron chi connectivity index (χ0n) is 13.3. The highest BCUT2D eigenvalue weighted by atomic mass is 35.5. The van der Waals surface area contributed by atoms with Gasteiger partial charge in [-0.1, -0.05) is 6.07 Å². The first-order valence-electron chi connectivity index (χ1n) is 8.43. The molecule has 2 atom stereocenters. The molecule has 0 spiro atoms. The molecular formula is C18H21ClN2OS2. The number of nitrogens with zero attached hydrogens (tertiary/aromatic N) is 1. The van der Waals surface area contributed by atoms with Gasteiger partial charge in [-0.2, -0.15) is 0 Å². The summed E-state index contributed by atoms with van der Waals surface area (Å²) in [6.45, 7) is 3.66. The van der Waals surface area contributed by atoms with Crippen LogP contribution in [0.1, 0.15) is 22.5 Å². The second-order valence-corrected chi connectivity index (χ2v) is 9.25. The Labute approximate surface area is 156 Å². The molecule has 4 fully saturated rings. The number of halogens is 1. The van der Waals surface area contributed by atoms with E-state index in [0.717, 1.165) is 10.8 Å². The third-order valence-electron chi connectivity index (χ3n) is 5.68. The smallest absolute Gasteiger partial charge is 0.261 e. The van der Waals surface area contributed by atoms with Crippen LogP contribution in [0.5, 0.6) is 0 Å². The van der Waals surface area contributed by atoms with E-state index >= 15 is 0 Å². The summed E-state index contributed by atoms with van der Waals surface area (Å²) in [6.07, 6.45) is 2.62. The summed E-state index contributed by atoms with van der Waals surface area (Å²) >= 11 is 3.34. The Morgan fingerprint density at radius 3 is 2.54 bits per heavy atom. The van der Waals surface area contributed by atoms with Gasteiger partial charge in [-0.15, -0.1) is 35.1 Å². The van der Waals surface area contributed by atoms with E-state index in [2.05, 4.69) is 33.8 Å². The van der Waals surface area contributed by atoms with Crippen molar-refractivity contribution < 1.29 is 4.79 Å². The Kier molecular flexibility index (Phi) is 4.45. The molecule has 128 valence electrons. The van der Waals surface area contributed by atoms with Gasteiger partial charge in [0.1, 0.15) is 0 Å². The minimum Gasteiger partial charge on any atom is -0.348 e. The molecule has 1 saturated carbocycles. The van der Waals surface area contributed by atoms with Gasteiger partial charge in [0.2, 0.25) is 0 Å². The quantitative estimate of drug-likeness (QED) is 0.873. The number of hydrogen-bond acceptors (Lipinski definition) is 4. The molecule has 3 saturated heterocycles. The van der Waals surface area contributed by atoms with Gasteiger partial charge in [0.15, 0.2) is 0 Å². The highest BCUT2D eigenvalue weighted by Crippen LogP contribution is 2.43. The van der Waals surface area contributed by atoms with Gasteiger partial charge in [-0.3, -0.25) is 4.79 Å². The molecule has 0 aromatic carbocycles. The fourth-order valence-electron chi connectivity index (χ4n) is 4.88. The van der Waals surface area contributed by atoms with E-state index in [9.17, 15) is 4.79 Å². The minimum absolute atomic E-state index is 0. The van der Waals surface area contributed by atoms with Gasteiger partial charge in [-0.25, -0.2) is 0 Å². The van der Waals surface area contributed by atoms with Crippen molar-refractivity contribution in [2.24, 2.45) is 17.8 Å². The Balaban J connectivity index is 0.00000146. The molecule has 1 amide bonds. The van der Waals surface area contributed by atoms with Crippen LogP contribution < -0.4 is 5.32 Å². The topological polar surface area (TPSA) is 32.3 Å².